The maximum absolute atomic E-state index is 10.8. The van der Waals surface area contributed by atoms with Crippen LogP contribution in [0.5, 0.6) is 0 Å². The molecule has 0 saturated heterocycles. The molecule has 0 amide bonds. The van der Waals surface area contributed by atoms with E-state index < -0.39 is 5.97 Å². The zero-order chi connectivity index (χ0) is 18.5. The third kappa shape index (κ3) is 4.63. The molecule has 6 heteroatoms. The van der Waals surface area contributed by atoms with Gasteiger partial charge >= 0.3 is 5.97 Å². The summed E-state index contributed by atoms with van der Waals surface area (Å²) in [7, 11) is 0. The summed E-state index contributed by atoms with van der Waals surface area (Å²) in [6.45, 7) is 3.94. The highest BCUT2D eigenvalue weighted by Crippen LogP contribution is 2.26. The predicted octanol–water partition coefficient (Wildman–Crippen LogP) is 3.92. The largest absolute Gasteiger partial charge is 0.481 e. The molecule has 0 atom stereocenters. The Balaban J connectivity index is 1.87. The maximum atomic E-state index is 10.8. The van der Waals surface area contributed by atoms with Crippen molar-refractivity contribution >= 4 is 17.6 Å². The van der Waals surface area contributed by atoms with Crippen LogP contribution in [-0.2, 0) is 11.2 Å². The predicted molar refractivity (Wildman–Crippen MR) is 100 cm³/mol. The van der Waals surface area contributed by atoms with E-state index >= 15 is 0 Å². The van der Waals surface area contributed by atoms with Crippen LogP contribution in [0.2, 0.25) is 0 Å². The highest BCUT2D eigenvalue weighted by Gasteiger charge is 2.06. The molecule has 2 aromatic heterocycles. The van der Waals surface area contributed by atoms with Crippen molar-refractivity contribution in [3.05, 3.63) is 65.7 Å². The first kappa shape index (κ1) is 17.5. The topological polar surface area (TPSA) is 88.0 Å². The number of carboxylic acids is 1. The molecule has 0 aliphatic carbocycles. The van der Waals surface area contributed by atoms with Gasteiger partial charge in [0.15, 0.2) is 0 Å². The molecular weight excluding hydrogens is 328 g/mol. The van der Waals surface area contributed by atoms with Gasteiger partial charge in [-0.05, 0) is 61.2 Å². The van der Waals surface area contributed by atoms with E-state index in [1.807, 2.05) is 38.1 Å². The molecule has 0 radical (unpaired) electrons. The van der Waals surface area contributed by atoms with E-state index in [1.165, 1.54) is 0 Å². The van der Waals surface area contributed by atoms with Crippen LogP contribution < -0.4 is 5.32 Å². The second kappa shape index (κ2) is 7.74. The number of nitrogens with zero attached hydrogens (tertiary/aromatic N) is 3. The number of anilines is 2. The number of hydrogen-bond donors (Lipinski definition) is 2. The molecule has 2 heterocycles. The van der Waals surface area contributed by atoms with Crippen LogP contribution in [-0.4, -0.2) is 26.0 Å². The summed E-state index contributed by atoms with van der Waals surface area (Å²) in [5.74, 6) is -0.259. The lowest BCUT2D eigenvalue weighted by molar-refractivity contribution is -0.136. The van der Waals surface area contributed by atoms with Gasteiger partial charge in [0, 0.05) is 42.0 Å². The van der Waals surface area contributed by atoms with Crippen molar-refractivity contribution in [3.63, 3.8) is 0 Å². The van der Waals surface area contributed by atoms with Crippen molar-refractivity contribution in [2.75, 3.05) is 5.32 Å². The monoisotopic (exact) mass is 348 g/mol. The van der Waals surface area contributed by atoms with Gasteiger partial charge in [0.1, 0.15) is 0 Å². The molecule has 26 heavy (non-hydrogen) atoms. The third-order valence-corrected chi connectivity index (χ3v) is 3.88. The molecule has 0 bridgehead atoms. The van der Waals surface area contributed by atoms with Crippen LogP contribution in [0.1, 0.15) is 23.2 Å². The Labute approximate surface area is 152 Å². The first-order chi connectivity index (χ1) is 12.5. The SMILES string of the molecule is Cc1cc(Nc2nccc(C)n2)cc(-c2cncc(CCC(=O)O)c2)c1. The quantitative estimate of drug-likeness (QED) is 0.702. The number of aromatic nitrogens is 3. The summed E-state index contributed by atoms with van der Waals surface area (Å²) in [6.07, 6.45) is 5.77. The van der Waals surface area contributed by atoms with E-state index in [0.717, 1.165) is 33.6 Å². The Hall–Kier alpha value is -3.28. The minimum absolute atomic E-state index is 0.0937. The molecular formula is C20H20N4O2. The first-order valence-corrected chi connectivity index (χ1v) is 8.34. The Morgan fingerprint density at radius 1 is 1.12 bits per heavy atom. The zero-order valence-corrected chi connectivity index (χ0v) is 14.7. The second-order valence-electron chi connectivity index (χ2n) is 6.21. The Bertz CT molecular complexity index is 941. The van der Waals surface area contributed by atoms with Crippen molar-refractivity contribution < 1.29 is 9.90 Å². The summed E-state index contributed by atoms with van der Waals surface area (Å²) in [5.41, 5.74) is 5.73. The van der Waals surface area contributed by atoms with Gasteiger partial charge in [-0.25, -0.2) is 9.97 Å². The zero-order valence-electron chi connectivity index (χ0n) is 14.7. The van der Waals surface area contributed by atoms with Gasteiger partial charge in [-0.15, -0.1) is 0 Å². The molecule has 1 aromatic carbocycles. The van der Waals surface area contributed by atoms with E-state index in [2.05, 4.69) is 26.3 Å². The highest BCUT2D eigenvalue weighted by atomic mass is 16.4. The fraction of sp³-hybridized carbons (Fsp3) is 0.200. The minimum atomic E-state index is -0.810. The van der Waals surface area contributed by atoms with Crippen molar-refractivity contribution in [1.29, 1.82) is 0 Å². The molecule has 2 N–H and O–H groups in total. The van der Waals surface area contributed by atoms with Gasteiger partial charge in [0.25, 0.3) is 0 Å². The molecule has 0 fully saturated rings. The Morgan fingerprint density at radius 3 is 2.73 bits per heavy atom. The highest BCUT2D eigenvalue weighted by molar-refractivity contribution is 5.71. The van der Waals surface area contributed by atoms with Gasteiger partial charge in [-0.1, -0.05) is 6.07 Å². The van der Waals surface area contributed by atoms with Gasteiger partial charge < -0.3 is 10.4 Å². The normalized spacial score (nSPS) is 10.5. The van der Waals surface area contributed by atoms with Crippen LogP contribution >= 0.6 is 0 Å². The van der Waals surface area contributed by atoms with Crippen molar-refractivity contribution in [3.8, 4) is 11.1 Å². The lowest BCUT2D eigenvalue weighted by atomic mass is 10.0. The molecule has 3 aromatic rings. The summed E-state index contributed by atoms with van der Waals surface area (Å²) in [5, 5.41) is 12.1. The molecule has 0 aliphatic heterocycles. The van der Waals surface area contributed by atoms with E-state index in [0.29, 0.717) is 12.4 Å². The lowest BCUT2D eigenvalue weighted by Gasteiger charge is -2.10. The van der Waals surface area contributed by atoms with E-state index in [1.54, 1.807) is 18.6 Å². The molecule has 0 aliphatic rings. The van der Waals surface area contributed by atoms with Crippen LogP contribution in [0.3, 0.4) is 0 Å². The fourth-order valence-corrected chi connectivity index (χ4v) is 2.69. The standard InChI is InChI=1S/C20H20N4O2/c1-13-7-16(17-9-15(11-21-12-17)3-4-19(25)26)10-18(8-13)24-20-22-6-5-14(2)23-20/h5-12H,3-4H2,1-2H3,(H,25,26)(H,22,23,24). The van der Waals surface area contributed by atoms with E-state index in [-0.39, 0.29) is 6.42 Å². The average molecular weight is 348 g/mol. The summed E-state index contributed by atoms with van der Waals surface area (Å²) < 4.78 is 0. The number of hydrogen-bond acceptors (Lipinski definition) is 5. The number of aryl methyl sites for hydroxylation is 3. The lowest BCUT2D eigenvalue weighted by Crippen LogP contribution is -1.99. The summed E-state index contributed by atoms with van der Waals surface area (Å²) in [4.78, 5) is 23.6. The number of carbonyl (C=O) groups is 1. The molecule has 6 nitrogen and oxygen atoms in total. The smallest absolute Gasteiger partial charge is 0.303 e. The van der Waals surface area contributed by atoms with Crippen LogP contribution in [0.4, 0.5) is 11.6 Å². The van der Waals surface area contributed by atoms with Crippen LogP contribution in [0, 0.1) is 13.8 Å². The van der Waals surface area contributed by atoms with Gasteiger partial charge in [0.05, 0.1) is 0 Å². The van der Waals surface area contributed by atoms with Crippen molar-refractivity contribution in [2.24, 2.45) is 0 Å². The van der Waals surface area contributed by atoms with Gasteiger partial charge in [-0.2, -0.15) is 0 Å². The number of aliphatic carboxylic acids is 1. The number of carboxylic acid groups (broad SMARTS) is 1. The molecule has 132 valence electrons. The minimum Gasteiger partial charge on any atom is -0.481 e. The summed E-state index contributed by atoms with van der Waals surface area (Å²) >= 11 is 0. The molecule has 3 rings (SSSR count). The number of nitrogens with one attached hydrogen (secondary N) is 1. The third-order valence-electron chi connectivity index (χ3n) is 3.88. The van der Waals surface area contributed by atoms with Gasteiger partial charge in [0.2, 0.25) is 5.95 Å². The number of benzene rings is 1. The van der Waals surface area contributed by atoms with Crippen LogP contribution in [0.25, 0.3) is 11.1 Å². The Morgan fingerprint density at radius 2 is 1.96 bits per heavy atom. The molecule has 0 saturated carbocycles. The van der Waals surface area contributed by atoms with Crippen molar-refractivity contribution in [2.45, 2.75) is 26.7 Å². The molecule has 0 unspecified atom stereocenters. The Kier molecular flexibility index (Phi) is 5.22. The number of pyridine rings is 1. The summed E-state index contributed by atoms with van der Waals surface area (Å²) in [6, 6.07) is 9.94. The number of rotatable bonds is 6. The average Bonchev–Trinajstić information content (AvgIpc) is 2.60. The fourth-order valence-electron chi connectivity index (χ4n) is 2.69. The first-order valence-electron chi connectivity index (χ1n) is 8.34. The van der Waals surface area contributed by atoms with Crippen molar-refractivity contribution in [1.82, 2.24) is 15.0 Å². The van der Waals surface area contributed by atoms with Gasteiger partial charge in [-0.3, -0.25) is 9.78 Å². The van der Waals surface area contributed by atoms with Crippen LogP contribution in [0.15, 0.2) is 48.9 Å². The maximum Gasteiger partial charge on any atom is 0.303 e. The van der Waals surface area contributed by atoms with E-state index in [9.17, 15) is 4.79 Å². The second-order valence-corrected chi connectivity index (χ2v) is 6.21. The van der Waals surface area contributed by atoms with E-state index in [4.69, 9.17) is 5.11 Å². The molecule has 0 spiro atoms.